The van der Waals surface area contributed by atoms with Crippen molar-refractivity contribution >= 4 is 22.5 Å². The number of hydrogen-bond donors (Lipinski definition) is 1. The first-order valence-corrected chi connectivity index (χ1v) is 8.43. The highest BCUT2D eigenvalue weighted by Crippen LogP contribution is 2.42. The Morgan fingerprint density at radius 3 is 2.50 bits per heavy atom. The third-order valence-corrected chi connectivity index (χ3v) is 6.59. The first-order chi connectivity index (χ1) is 7.46. The lowest BCUT2D eigenvalue weighted by atomic mass is 9.70. The Bertz CT molecular complexity index is 343. The SMILES string of the molecule is CN(CC1(CS)CCC1)C1CCS(=O)(=O)C1. The average molecular weight is 263 g/mol. The summed E-state index contributed by atoms with van der Waals surface area (Å²) in [7, 11) is -0.688. The third-order valence-electron chi connectivity index (χ3n) is 4.17. The molecular weight excluding hydrogens is 242 g/mol. The summed E-state index contributed by atoms with van der Waals surface area (Å²) in [5.74, 6) is 1.65. The van der Waals surface area contributed by atoms with Crippen LogP contribution in [0.3, 0.4) is 0 Å². The van der Waals surface area contributed by atoms with E-state index >= 15 is 0 Å². The summed E-state index contributed by atoms with van der Waals surface area (Å²) in [5.41, 5.74) is 0.365. The summed E-state index contributed by atoms with van der Waals surface area (Å²) in [4.78, 5) is 2.25. The van der Waals surface area contributed by atoms with Crippen molar-refractivity contribution in [3.63, 3.8) is 0 Å². The molecule has 2 rings (SSSR count). The zero-order valence-corrected chi connectivity index (χ0v) is 11.6. The molecule has 0 bridgehead atoms. The number of hydrogen-bond acceptors (Lipinski definition) is 4. The molecule has 0 aromatic rings. The highest BCUT2D eigenvalue weighted by Gasteiger charge is 2.39. The van der Waals surface area contributed by atoms with Crippen LogP contribution in [0.1, 0.15) is 25.7 Å². The van der Waals surface area contributed by atoms with Gasteiger partial charge in [0.1, 0.15) is 0 Å². The molecule has 5 heteroatoms. The zero-order chi connectivity index (χ0) is 11.8. The van der Waals surface area contributed by atoms with E-state index in [9.17, 15) is 8.42 Å². The van der Waals surface area contributed by atoms with Gasteiger partial charge in [0.15, 0.2) is 9.84 Å². The van der Waals surface area contributed by atoms with E-state index < -0.39 is 9.84 Å². The fourth-order valence-electron chi connectivity index (χ4n) is 2.82. The Hall–Kier alpha value is 0.260. The van der Waals surface area contributed by atoms with Crippen molar-refractivity contribution in [3.05, 3.63) is 0 Å². The quantitative estimate of drug-likeness (QED) is 0.775. The largest absolute Gasteiger partial charge is 0.302 e. The van der Waals surface area contributed by atoms with Crippen LogP contribution in [-0.4, -0.2) is 50.2 Å². The van der Waals surface area contributed by atoms with Gasteiger partial charge in [-0.1, -0.05) is 6.42 Å². The van der Waals surface area contributed by atoms with Crippen molar-refractivity contribution < 1.29 is 8.42 Å². The van der Waals surface area contributed by atoms with E-state index in [4.69, 9.17) is 0 Å². The van der Waals surface area contributed by atoms with Crippen molar-refractivity contribution in [2.75, 3.05) is 30.9 Å². The minimum atomic E-state index is -2.75. The van der Waals surface area contributed by atoms with Gasteiger partial charge in [0.05, 0.1) is 11.5 Å². The molecule has 0 aromatic heterocycles. The van der Waals surface area contributed by atoms with E-state index in [2.05, 4.69) is 24.6 Å². The molecule has 0 amide bonds. The molecule has 0 aromatic carbocycles. The second-order valence-corrected chi connectivity index (χ2v) is 8.03. The highest BCUT2D eigenvalue weighted by atomic mass is 32.2. The second kappa shape index (κ2) is 4.50. The summed E-state index contributed by atoms with van der Waals surface area (Å²) in [6, 6.07) is 0.238. The molecule has 0 N–H and O–H groups in total. The van der Waals surface area contributed by atoms with Crippen molar-refractivity contribution in [3.8, 4) is 0 Å². The summed E-state index contributed by atoms with van der Waals surface area (Å²) in [6.07, 6.45) is 4.61. The lowest BCUT2D eigenvalue weighted by Gasteiger charge is -2.44. The molecule has 1 aliphatic carbocycles. The summed E-state index contributed by atoms with van der Waals surface area (Å²) < 4.78 is 22.8. The van der Waals surface area contributed by atoms with Gasteiger partial charge < -0.3 is 4.90 Å². The maximum atomic E-state index is 11.4. The van der Waals surface area contributed by atoms with Gasteiger partial charge in [0, 0.05) is 12.6 Å². The molecule has 1 unspecified atom stereocenters. The van der Waals surface area contributed by atoms with Gasteiger partial charge in [-0.05, 0) is 37.5 Å². The number of thiol groups is 1. The first-order valence-electron chi connectivity index (χ1n) is 5.98. The van der Waals surface area contributed by atoms with E-state index in [0.717, 1.165) is 18.7 Å². The lowest BCUT2D eigenvalue weighted by Crippen LogP contribution is -2.46. The van der Waals surface area contributed by atoms with E-state index in [0.29, 0.717) is 16.9 Å². The van der Waals surface area contributed by atoms with Crippen LogP contribution in [-0.2, 0) is 9.84 Å². The lowest BCUT2D eigenvalue weighted by molar-refractivity contribution is 0.0871. The van der Waals surface area contributed by atoms with Crippen LogP contribution < -0.4 is 0 Å². The van der Waals surface area contributed by atoms with Crippen LogP contribution in [0.25, 0.3) is 0 Å². The molecule has 3 nitrogen and oxygen atoms in total. The minimum Gasteiger partial charge on any atom is -0.302 e. The van der Waals surface area contributed by atoms with Crippen LogP contribution in [0.15, 0.2) is 0 Å². The van der Waals surface area contributed by atoms with Gasteiger partial charge in [-0.15, -0.1) is 0 Å². The fourth-order valence-corrected chi connectivity index (χ4v) is 5.05. The maximum absolute atomic E-state index is 11.4. The van der Waals surface area contributed by atoms with Crippen LogP contribution in [0.4, 0.5) is 0 Å². The summed E-state index contributed by atoms with van der Waals surface area (Å²) >= 11 is 4.44. The molecule has 1 aliphatic heterocycles. The smallest absolute Gasteiger partial charge is 0.151 e. The first kappa shape index (κ1) is 12.7. The normalized spacial score (nSPS) is 31.6. The van der Waals surface area contributed by atoms with Crippen LogP contribution in [0.2, 0.25) is 0 Å². The van der Waals surface area contributed by atoms with E-state index in [1.54, 1.807) is 0 Å². The predicted molar refractivity (Wildman–Crippen MR) is 69.8 cm³/mol. The average Bonchev–Trinajstić information content (AvgIpc) is 2.52. The number of rotatable bonds is 4. The van der Waals surface area contributed by atoms with Crippen molar-refractivity contribution in [2.45, 2.75) is 31.7 Å². The molecule has 1 saturated carbocycles. The van der Waals surface area contributed by atoms with E-state index in [1.165, 1.54) is 19.3 Å². The van der Waals surface area contributed by atoms with Crippen molar-refractivity contribution in [1.82, 2.24) is 4.90 Å². The number of nitrogens with zero attached hydrogens (tertiary/aromatic N) is 1. The Labute approximate surface area is 104 Å². The molecule has 16 heavy (non-hydrogen) atoms. The predicted octanol–water partition coefficient (Wildman–Crippen LogP) is 1.21. The Morgan fingerprint density at radius 2 is 2.12 bits per heavy atom. The van der Waals surface area contributed by atoms with Gasteiger partial charge in [0.25, 0.3) is 0 Å². The molecule has 1 atom stereocenters. The monoisotopic (exact) mass is 263 g/mol. The van der Waals surface area contributed by atoms with Crippen molar-refractivity contribution in [2.24, 2.45) is 5.41 Å². The van der Waals surface area contributed by atoms with Gasteiger partial charge in [-0.2, -0.15) is 12.6 Å². The number of sulfone groups is 1. The molecule has 94 valence electrons. The summed E-state index contributed by atoms with van der Waals surface area (Å²) in [5, 5.41) is 0. The highest BCUT2D eigenvalue weighted by molar-refractivity contribution is 7.91. The molecule has 2 aliphatic rings. The van der Waals surface area contributed by atoms with E-state index in [1.807, 2.05) is 0 Å². The Kier molecular flexibility index (Phi) is 3.57. The maximum Gasteiger partial charge on any atom is 0.151 e. The van der Waals surface area contributed by atoms with Gasteiger partial charge >= 0.3 is 0 Å². The molecule has 2 fully saturated rings. The molecule has 1 saturated heterocycles. The zero-order valence-electron chi connectivity index (χ0n) is 9.85. The topological polar surface area (TPSA) is 37.4 Å². The molecule has 0 radical (unpaired) electrons. The van der Waals surface area contributed by atoms with Gasteiger partial charge in [-0.25, -0.2) is 8.42 Å². The van der Waals surface area contributed by atoms with Crippen LogP contribution in [0.5, 0.6) is 0 Å². The minimum absolute atomic E-state index is 0.238. The van der Waals surface area contributed by atoms with Gasteiger partial charge in [0.2, 0.25) is 0 Å². The fraction of sp³-hybridized carbons (Fsp3) is 1.00. The summed E-state index contributed by atoms with van der Waals surface area (Å²) in [6.45, 7) is 1.01. The Morgan fingerprint density at radius 1 is 1.44 bits per heavy atom. The third kappa shape index (κ3) is 2.57. The van der Waals surface area contributed by atoms with Crippen LogP contribution >= 0.6 is 12.6 Å². The van der Waals surface area contributed by atoms with Gasteiger partial charge in [-0.3, -0.25) is 0 Å². The Balaban J connectivity index is 1.91. The second-order valence-electron chi connectivity index (χ2n) is 5.48. The molecule has 0 spiro atoms. The van der Waals surface area contributed by atoms with Crippen LogP contribution in [0, 0.1) is 5.41 Å². The molecular formula is C11H21NO2S2. The molecule has 1 heterocycles. The van der Waals surface area contributed by atoms with Crippen molar-refractivity contribution in [1.29, 1.82) is 0 Å². The van der Waals surface area contributed by atoms with E-state index in [-0.39, 0.29) is 6.04 Å². The standard InChI is InChI=1S/C11H21NO2S2/c1-12(8-11(9-15)4-2-5-11)10-3-6-16(13,14)7-10/h10,15H,2-9H2,1H3.